The number of ether oxygens (including phenoxy) is 1. The molecule has 2 fully saturated rings. The molecule has 10 heteroatoms. The molecule has 0 aromatic carbocycles. The molecule has 0 atom stereocenters. The van der Waals surface area contributed by atoms with Crippen molar-refractivity contribution in [3.05, 3.63) is 32.8 Å². The first-order valence-corrected chi connectivity index (χ1v) is 11.3. The van der Waals surface area contributed by atoms with Crippen LogP contribution in [0.5, 0.6) is 0 Å². The van der Waals surface area contributed by atoms with E-state index in [0.717, 1.165) is 45.6 Å². The quantitative estimate of drug-likeness (QED) is 0.575. The zero-order valence-electron chi connectivity index (χ0n) is 17.9. The van der Waals surface area contributed by atoms with Crippen molar-refractivity contribution >= 4 is 40.2 Å². The van der Waals surface area contributed by atoms with E-state index in [0.29, 0.717) is 28.2 Å². The van der Waals surface area contributed by atoms with Gasteiger partial charge in [-0.3, -0.25) is 14.5 Å². The molecule has 2 saturated heterocycles. The van der Waals surface area contributed by atoms with Gasteiger partial charge in [0.05, 0.1) is 17.3 Å². The first kappa shape index (κ1) is 22.0. The van der Waals surface area contributed by atoms with Gasteiger partial charge in [0.2, 0.25) is 5.95 Å². The number of nitrogens with one attached hydrogen (secondary N) is 1. The lowest BCUT2D eigenvalue weighted by molar-refractivity contribution is 0.133. The molecule has 1 N–H and O–H groups in total. The van der Waals surface area contributed by atoms with Crippen molar-refractivity contribution in [3.63, 3.8) is 0 Å². The van der Waals surface area contributed by atoms with Crippen molar-refractivity contribution in [2.24, 2.45) is 12.5 Å². The molecule has 2 aliphatic heterocycles. The van der Waals surface area contributed by atoms with E-state index in [9.17, 15) is 4.79 Å². The molecule has 0 bridgehead atoms. The minimum atomic E-state index is -0.178. The third kappa shape index (κ3) is 3.81. The molecule has 0 unspecified atom stereocenters. The van der Waals surface area contributed by atoms with E-state index in [2.05, 4.69) is 20.1 Å². The Balaban J connectivity index is 0.00000112. The predicted molar refractivity (Wildman–Crippen MR) is 123 cm³/mol. The Morgan fingerprint density at radius 3 is 2.61 bits per heavy atom. The van der Waals surface area contributed by atoms with Gasteiger partial charge in [0, 0.05) is 38.5 Å². The number of aromatic amines is 1. The van der Waals surface area contributed by atoms with E-state index >= 15 is 0 Å². The van der Waals surface area contributed by atoms with E-state index in [1.165, 1.54) is 0 Å². The minimum absolute atomic E-state index is 0.173. The van der Waals surface area contributed by atoms with Crippen LogP contribution in [0.1, 0.15) is 33.1 Å². The van der Waals surface area contributed by atoms with E-state index < -0.39 is 0 Å². The fourth-order valence-corrected chi connectivity index (χ4v) is 4.72. The number of pyridine rings is 1. The van der Waals surface area contributed by atoms with E-state index in [1.54, 1.807) is 23.9 Å². The summed E-state index contributed by atoms with van der Waals surface area (Å²) < 4.78 is 7.20. The molecule has 8 nitrogen and oxygen atoms in total. The second kappa shape index (κ2) is 8.76. The molecule has 5 heterocycles. The molecule has 31 heavy (non-hydrogen) atoms. The Bertz CT molecular complexity index is 1140. The van der Waals surface area contributed by atoms with E-state index in [1.807, 2.05) is 13.8 Å². The maximum atomic E-state index is 13.2. The van der Waals surface area contributed by atoms with E-state index in [4.69, 9.17) is 32.9 Å². The number of hydrogen-bond donors (Lipinski definition) is 1. The lowest BCUT2D eigenvalue weighted by Gasteiger charge is -2.39. The molecule has 3 aromatic heterocycles. The van der Waals surface area contributed by atoms with Gasteiger partial charge in [0.1, 0.15) is 10.5 Å². The molecule has 2 aliphatic rings. The van der Waals surface area contributed by atoms with Gasteiger partial charge in [-0.05, 0) is 30.7 Å². The van der Waals surface area contributed by atoms with Crippen molar-refractivity contribution in [1.29, 1.82) is 0 Å². The third-order valence-electron chi connectivity index (χ3n) is 6.18. The largest absolute Gasteiger partial charge is 0.381 e. The molecule has 166 valence electrons. The summed E-state index contributed by atoms with van der Waals surface area (Å²) in [6.45, 7) is 7.38. The highest BCUT2D eigenvalue weighted by atomic mass is 35.5. The van der Waals surface area contributed by atoms with Crippen molar-refractivity contribution in [3.8, 4) is 11.3 Å². The standard InChI is InChI=1S/C19H20Cl2N6O2.C2H6/c1-26-17(28)12-14(11-2-6-22-15(21)13(11)20)24-25-16(12)23-18(26)27-7-3-19(4-8-27)5-9-29-10-19;1-2/h2,6H,3-5,7-10H2,1H3,(H,24,25);1-2H3. The van der Waals surface area contributed by atoms with Gasteiger partial charge in [-0.25, -0.2) is 4.98 Å². The van der Waals surface area contributed by atoms with Crippen LogP contribution in [0.25, 0.3) is 22.3 Å². The van der Waals surface area contributed by atoms with Gasteiger partial charge in [-0.1, -0.05) is 37.0 Å². The molecule has 0 saturated carbocycles. The fourth-order valence-electron chi connectivity index (χ4n) is 4.36. The van der Waals surface area contributed by atoms with Crippen molar-refractivity contribution in [1.82, 2.24) is 24.7 Å². The number of fused-ring (bicyclic) bond motifs is 1. The Kier molecular flexibility index (Phi) is 6.23. The highest BCUT2D eigenvalue weighted by molar-refractivity contribution is 6.43. The summed E-state index contributed by atoms with van der Waals surface area (Å²) >= 11 is 12.3. The average molecular weight is 465 g/mol. The normalized spacial score (nSPS) is 17.8. The maximum absolute atomic E-state index is 13.2. The number of rotatable bonds is 2. The van der Waals surface area contributed by atoms with Crippen LogP contribution in [0.4, 0.5) is 5.95 Å². The minimum Gasteiger partial charge on any atom is -0.381 e. The summed E-state index contributed by atoms with van der Waals surface area (Å²) in [5.41, 5.74) is 1.54. The maximum Gasteiger partial charge on any atom is 0.266 e. The average Bonchev–Trinajstić information content (AvgIpc) is 3.42. The third-order valence-corrected chi connectivity index (χ3v) is 6.95. The number of piperidine rings is 1. The Labute approximate surface area is 190 Å². The van der Waals surface area contributed by atoms with Crippen molar-refractivity contribution in [2.75, 3.05) is 31.2 Å². The first-order valence-electron chi connectivity index (χ1n) is 10.6. The van der Waals surface area contributed by atoms with Crippen LogP contribution in [0.2, 0.25) is 10.2 Å². The highest BCUT2D eigenvalue weighted by Crippen LogP contribution is 2.40. The SMILES string of the molecule is CC.Cn1c(N2CCC3(CCOC3)CC2)nc2n[nH]c(-c3ccnc(Cl)c3Cl)c2c1=O. The van der Waals surface area contributed by atoms with Gasteiger partial charge >= 0.3 is 0 Å². The van der Waals surface area contributed by atoms with Gasteiger partial charge in [0.25, 0.3) is 5.56 Å². The number of halogens is 2. The fraction of sp³-hybridized carbons (Fsp3) is 0.524. The van der Waals surface area contributed by atoms with Crippen LogP contribution in [0.15, 0.2) is 17.1 Å². The molecule has 1 spiro atoms. The van der Waals surface area contributed by atoms with Crippen molar-refractivity contribution < 1.29 is 4.74 Å². The lowest BCUT2D eigenvalue weighted by atomic mass is 9.78. The van der Waals surface area contributed by atoms with Gasteiger partial charge < -0.3 is 9.64 Å². The molecule has 0 radical (unpaired) electrons. The van der Waals surface area contributed by atoms with E-state index in [-0.39, 0.29) is 21.2 Å². The molecular weight excluding hydrogens is 439 g/mol. The number of H-pyrrole nitrogens is 1. The number of hydrogen-bond acceptors (Lipinski definition) is 6. The van der Waals surface area contributed by atoms with Crippen LogP contribution in [-0.4, -0.2) is 51.0 Å². The van der Waals surface area contributed by atoms with Gasteiger partial charge in [0.15, 0.2) is 5.65 Å². The zero-order chi connectivity index (χ0) is 22.2. The van der Waals surface area contributed by atoms with Crippen LogP contribution in [-0.2, 0) is 11.8 Å². The molecular formula is C21H26Cl2N6O2. The second-order valence-corrected chi connectivity index (χ2v) is 8.56. The highest BCUT2D eigenvalue weighted by Gasteiger charge is 2.38. The summed E-state index contributed by atoms with van der Waals surface area (Å²) in [4.78, 5) is 24.0. The second-order valence-electron chi connectivity index (χ2n) is 7.83. The number of anilines is 1. The topological polar surface area (TPSA) is 88.9 Å². The number of aromatic nitrogens is 5. The van der Waals surface area contributed by atoms with Crippen LogP contribution in [0, 0.1) is 5.41 Å². The predicted octanol–water partition coefficient (Wildman–Crippen LogP) is 4.06. The smallest absolute Gasteiger partial charge is 0.266 e. The summed E-state index contributed by atoms with van der Waals surface area (Å²) in [6, 6.07) is 1.70. The zero-order valence-corrected chi connectivity index (χ0v) is 19.4. The summed E-state index contributed by atoms with van der Waals surface area (Å²) in [5, 5.41) is 8.01. The van der Waals surface area contributed by atoms with Crippen LogP contribution >= 0.6 is 23.2 Å². The Morgan fingerprint density at radius 1 is 1.19 bits per heavy atom. The number of nitrogens with zero attached hydrogens (tertiary/aromatic N) is 5. The molecule has 0 amide bonds. The van der Waals surface area contributed by atoms with Gasteiger partial charge in [-0.2, -0.15) is 10.1 Å². The van der Waals surface area contributed by atoms with Gasteiger partial charge in [-0.15, -0.1) is 0 Å². The first-order chi connectivity index (χ1) is 15.0. The summed E-state index contributed by atoms with van der Waals surface area (Å²) in [7, 11) is 1.74. The molecule has 3 aromatic rings. The molecule has 0 aliphatic carbocycles. The molecule has 5 rings (SSSR count). The van der Waals surface area contributed by atoms with Crippen molar-refractivity contribution in [2.45, 2.75) is 33.1 Å². The van der Waals surface area contributed by atoms with Crippen LogP contribution < -0.4 is 10.5 Å². The Morgan fingerprint density at radius 2 is 1.94 bits per heavy atom. The van der Waals surface area contributed by atoms with Crippen LogP contribution in [0.3, 0.4) is 0 Å². The lowest BCUT2D eigenvalue weighted by Crippen LogP contribution is -2.43. The summed E-state index contributed by atoms with van der Waals surface area (Å²) in [5.74, 6) is 0.633. The Hall–Kier alpha value is -2.16. The monoisotopic (exact) mass is 464 g/mol. The summed E-state index contributed by atoms with van der Waals surface area (Å²) in [6.07, 6.45) is 4.73.